The molecule has 3 heterocycles. The van der Waals surface area contributed by atoms with E-state index in [1.54, 1.807) is 15.9 Å². The zero-order valence-electron chi connectivity index (χ0n) is 14.6. The number of aromatic nitrogens is 2. The Labute approximate surface area is 151 Å². The minimum atomic E-state index is -0.162. The van der Waals surface area contributed by atoms with Crippen LogP contribution in [-0.4, -0.2) is 70.8 Å². The molecular formula is C18H23N5O3. The third kappa shape index (κ3) is 3.37. The maximum Gasteiger partial charge on any atom is 0.336 e. The molecule has 0 unspecified atom stereocenters. The summed E-state index contributed by atoms with van der Waals surface area (Å²) in [6.45, 7) is 3.75. The first-order chi connectivity index (χ1) is 12.7. The summed E-state index contributed by atoms with van der Waals surface area (Å²) < 4.78 is 6.95. The van der Waals surface area contributed by atoms with Gasteiger partial charge in [-0.3, -0.25) is 4.79 Å². The Morgan fingerprint density at radius 3 is 2.54 bits per heavy atom. The first kappa shape index (κ1) is 16.8. The lowest BCUT2D eigenvalue weighted by atomic mass is 9.95. The molecule has 4 rings (SSSR count). The van der Waals surface area contributed by atoms with Gasteiger partial charge in [-0.15, -0.1) is 0 Å². The van der Waals surface area contributed by atoms with Crippen LogP contribution < -0.4 is 5.43 Å². The number of carbonyl (C=O) groups is 2. The van der Waals surface area contributed by atoms with Gasteiger partial charge in [0.2, 0.25) is 5.91 Å². The molecule has 2 aliphatic heterocycles. The highest BCUT2D eigenvalue weighted by molar-refractivity contribution is 5.85. The number of imidazole rings is 1. The van der Waals surface area contributed by atoms with Gasteiger partial charge in [0.05, 0.1) is 24.2 Å². The van der Waals surface area contributed by atoms with E-state index in [2.05, 4.69) is 10.4 Å². The standard InChI is InChI=1S/C18H23N5O3/c24-17(21-9-11-26-12-10-21)14-5-7-22(8-6-14)18(25)20-23-13-19-15-3-1-2-4-16(15)23/h1-4,13-14H,5-12H2,(H,20,25). The topological polar surface area (TPSA) is 79.7 Å². The molecule has 0 bridgehead atoms. The first-order valence-corrected chi connectivity index (χ1v) is 9.07. The molecular weight excluding hydrogens is 334 g/mol. The van der Waals surface area contributed by atoms with E-state index in [1.165, 1.54) is 0 Å². The van der Waals surface area contributed by atoms with Crippen molar-refractivity contribution < 1.29 is 14.3 Å². The molecule has 2 aromatic rings. The van der Waals surface area contributed by atoms with E-state index < -0.39 is 0 Å². The smallest absolute Gasteiger partial charge is 0.336 e. The molecule has 1 aromatic carbocycles. The number of fused-ring (bicyclic) bond motifs is 1. The molecule has 1 aromatic heterocycles. The minimum absolute atomic E-state index is 0.00576. The predicted octanol–water partition coefficient (Wildman–Crippen LogP) is 1.27. The van der Waals surface area contributed by atoms with Crippen molar-refractivity contribution in [1.82, 2.24) is 19.5 Å². The van der Waals surface area contributed by atoms with Crippen molar-refractivity contribution in [3.63, 3.8) is 0 Å². The van der Waals surface area contributed by atoms with Crippen LogP contribution in [0.25, 0.3) is 11.0 Å². The maximum absolute atomic E-state index is 12.6. The molecule has 3 amide bonds. The van der Waals surface area contributed by atoms with E-state index in [0.29, 0.717) is 52.2 Å². The van der Waals surface area contributed by atoms with E-state index >= 15 is 0 Å². The van der Waals surface area contributed by atoms with Crippen LogP contribution in [0.3, 0.4) is 0 Å². The van der Waals surface area contributed by atoms with Crippen LogP contribution in [0.2, 0.25) is 0 Å². The SMILES string of the molecule is O=C(Nn1cnc2ccccc21)N1CCC(C(=O)N2CCOCC2)CC1. The molecule has 2 fully saturated rings. The number of rotatable bonds is 2. The van der Waals surface area contributed by atoms with Gasteiger partial charge in [-0.05, 0) is 25.0 Å². The Morgan fingerprint density at radius 1 is 1.04 bits per heavy atom. The zero-order valence-corrected chi connectivity index (χ0v) is 14.6. The Balaban J connectivity index is 1.32. The number of hydrogen-bond acceptors (Lipinski definition) is 4. The Bertz CT molecular complexity index is 791. The molecule has 0 saturated carbocycles. The molecule has 8 nitrogen and oxygen atoms in total. The van der Waals surface area contributed by atoms with Crippen molar-refractivity contribution >= 4 is 23.0 Å². The molecule has 2 saturated heterocycles. The van der Waals surface area contributed by atoms with Gasteiger partial charge in [-0.2, -0.15) is 0 Å². The average molecular weight is 357 g/mol. The molecule has 0 radical (unpaired) electrons. The van der Waals surface area contributed by atoms with Crippen LogP contribution in [0.5, 0.6) is 0 Å². The summed E-state index contributed by atoms with van der Waals surface area (Å²) in [7, 11) is 0. The van der Waals surface area contributed by atoms with Gasteiger partial charge < -0.3 is 14.5 Å². The summed E-state index contributed by atoms with van der Waals surface area (Å²) in [6.07, 6.45) is 3.01. The molecule has 26 heavy (non-hydrogen) atoms. The Hall–Kier alpha value is -2.61. The summed E-state index contributed by atoms with van der Waals surface area (Å²) in [5.41, 5.74) is 4.57. The van der Waals surface area contributed by atoms with Gasteiger partial charge in [0.1, 0.15) is 6.33 Å². The van der Waals surface area contributed by atoms with E-state index in [0.717, 1.165) is 11.0 Å². The second-order valence-corrected chi connectivity index (χ2v) is 6.72. The number of nitrogens with one attached hydrogen (secondary N) is 1. The quantitative estimate of drug-likeness (QED) is 0.878. The highest BCUT2D eigenvalue weighted by Gasteiger charge is 2.31. The fraction of sp³-hybridized carbons (Fsp3) is 0.500. The number of carbonyl (C=O) groups excluding carboxylic acids is 2. The van der Waals surface area contributed by atoms with Crippen LogP contribution in [0.4, 0.5) is 4.79 Å². The van der Waals surface area contributed by atoms with Crippen LogP contribution in [0.15, 0.2) is 30.6 Å². The molecule has 0 spiro atoms. The number of hydrogen-bond donors (Lipinski definition) is 1. The molecule has 0 aliphatic carbocycles. The van der Waals surface area contributed by atoms with Crippen molar-refractivity contribution in [2.45, 2.75) is 12.8 Å². The summed E-state index contributed by atoms with van der Waals surface area (Å²) in [5, 5.41) is 0. The van der Waals surface area contributed by atoms with Gasteiger partial charge in [-0.25, -0.2) is 19.9 Å². The van der Waals surface area contributed by atoms with E-state index in [9.17, 15) is 9.59 Å². The van der Waals surface area contributed by atoms with Crippen molar-refractivity contribution in [3.05, 3.63) is 30.6 Å². The summed E-state index contributed by atoms with van der Waals surface area (Å²) in [6, 6.07) is 7.48. The second kappa shape index (κ2) is 7.33. The number of likely N-dealkylation sites (tertiary alicyclic amines) is 1. The number of para-hydroxylation sites is 2. The normalized spacial score (nSPS) is 18.9. The highest BCUT2D eigenvalue weighted by atomic mass is 16.5. The summed E-state index contributed by atoms with van der Waals surface area (Å²) in [4.78, 5) is 33.0. The van der Waals surface area contributed by atoms with Crippen molar-refractivity contribution in [3.8, 4) is 0 Å². The number of morpholine rings is 1. The fourth-order valence-electron chi connectivity index (χ4n) is 3.59. The monoisotopic (exact) mass is 357 g/mol. The average Bonchev–Trinajstić information content (AvgIpc) is 3.11. The molecule has 2 aliphatic rings. The maximum atomic E-state index is 12.6. The third-order valence-electron chi connectivity index (χ3n) is 5.12. The number of nitrogens with zero attached hydrogens (tertiary/aromatic N) is 4. The Kier molecular flexibility index (Phi) is 4.75. The van der Waals surface area contributed by atoms with Gasteiger partial charge in [0.15, 0.2) is 0 Å². The highest BCUT2D eigenvalue weighted by Crippen LogP contribution is 2.21. The number of amides is 3. The minimum Gasteiger partial charge on any atom is -0.378 e. The molecule has 8 heteroatoms. The Morgan fingerprint density at radius 2 is 1.77 bits per heavy atom. The lowest BCUT2D eigenvalue weighted by molar-refractivity contribution is -0.140. The number of piperidine rings is 1. The number of ether oxygens (including phenoxy) is 1. The third-order valence-corrected chi connectivity index (χ3v) is 5.12. The lowest BCUT2D eigenvalue weighted by Crippen LogP contribution is -2.49. The molecule has 138 valence electrons. The van der Waals surface area contributed by atoms with Crippen LogP contribution in [-0.2, 0) is 9.53 Å². The van der Waals surface area contributed by atoms with Crippen molar-refractivity contribution in [2.24, 2.45) is 5.92 Å². The van der Waals surface area contributed by atoms with Crippen LogP contribution in [0, 0.1) is 5.92 Å². The van der Waals surface area contributed by atoms with Gasteiger partial charge in [0, 0.05) is 32.1 Å². The van der Waals surface area contributed by atoms with E-state index in [1.807, 2.05) is 29.2 Å². The molecule has 1 N–H and O–H groups in total. The first-order valence-electron chi connectivity index (χ1n) is 9.07. The van der Waals surface area contributed by atoms with Gasteiger partial charge >= 0.3 is 6.03 Å². The second-order valence-electron chi connectivity index (χ2n) is 6.72. The largest absolute Gasteiger partial charge is 0.378 e. The van der Waals surface area contributed by atoms with Crippen molar-refractivity contribution in [2.75, 3.05) is 44.8 Å². The van der Waals surface area contributed by atoms with Crippen molar-refractivity contribution in [1.29, 1.82) is 0 Å². The fourth-order valence-corrected chi connectivity index (χ4v) is 3.59. The van der Waals surface area contributed by atoms with Gasteiger partial charge in [-0.1, -0.05) is 12.1 Å². The van der Waals surface area contributed by atoms with E-state index in [-0.39, 0.29) is 17.9 Å². The lowest BCUT2D eigenvalue weighted by Gasteiger charge is -2.35. The van der Waals surface area contributed by atoms with Crippen LogP contribution in [0.1, 0.15) is 12.8 Å². The van der Waals surface area contributed by atoms with E-state index in [4.69, 9.17) is 4.74 Å². The summed E-state index contributed by atoms with van der Waals surface area (Å²) in [5.74, 6) is 0.209. The van der Waals surface area contributed by atoms with Crippen LogP contribution >= 0.6 is 0 Å². The number of benzene rings is 1. The predicted molar refractivity (Wildman–Crippen MR) is 96.2 cm³/mol. The molecule has 0 atom stereocenters. The van der Waals surface area contributed by atoms with Gasteiger partial charge in [0.25, 0.3) is 0 Å². The zero-order chi connectivity index (χ0) is 17.9. The summed E-state index contributed by atoms with van der Waals surface area (Å²) >= 11 is 0. The number of urea groups is 1.